The summed E-state index contributed by atoms with van der Waals surface area (Å²) in [7, 11) is 0. The zero-order valence-corrected chi connectivity index (χ0v) is 8.01. The van der Waals surface area contributed by atoms with Crippen LogP contribution < -0.4 is 0 Å². The summed E-state index contributed by atoms with van der Waals surface area (Å²) in [6, 6.07) is 0. The molecular weight excluding hydrogens is 150 g/mol. The van der Waals surface area contributed by atoms with Crippen LogP contribution in [0.25, 0.3) is 0 Å². The van der Waals surface area contributed by atoms with E-state index < -0.39 is 0 Å². The van der Waals surface area contributed by atoms with Gasteiger partial charge in [0.1, 0.15) is 5.72 Å². The van der Waals surface area contributed by atoms with E-state index in [1.54, 1.807) is 0 Å². The van der Waals surface area contributed by atoms with Gasteiger partial charge in [-0.25, -0.2) is 0 Å². The van der Waals surface area contributed by atoms with Crippen molar-refractivity contribution >= 4 is 0 Å². The summed E-state index contributed by atoms with van der Waals surface area (Å²) < 4.78 is 5.96. The molecule has 0 radical (unpaired) electrons. The molecular formula is C10H19NO. The lowest BCUT2D eigenvalue weighted by molar-refractivity contribution is -0.158. The number of likely N-dealkylation sites (tertiary alicyclic amines) is 1. The second-order valence-corrected chi connectivity index (χ2v) is 3.93. The molecule has 1 unspecified atom stereocenters. The molecule has 0 aromatic heterocycles. The summed E-state index contributed by atoms with van der Waals surface area (Å²) in [6.45, 7) is 5.62. The second kappa shape index (κ2) is 3.35. The molecule has 1 atom stereocenters. The lowest BCUT2D eigenvalue weighted by Crippen LogP contribution is -2.48. The predicted molar refractivity (Wildman–Crippen MR) is 49.0 cm³/mol. The average Bonchev–Trinajstić information content (AvgIpc) is 2.49. The number of hydrogen-bond donors (Lipinski definition) is 0. The first-order valence-electron chi connectivity index (χ1n) is 5.26. The monoisotopic (exact) mass is 169 g/mol. The van der Waals surface area contributed by atoms with E-state index in [1.807, 2.05) is 0 Å². The summed E-state index contributed by atoms with van der Waals surface area (Å²) in [5, 5.41) is 0. The van der Waals surface area contributed by atoms with Crippen molar-refractivity contribution in [1.82, 2.24) is 4.90 Å². The van der Waals surface area contributed by atoms with Gasteiger partial charge >= 0.3 is 0 Å². The van der Waals surface area contributed by atoms with Crippen LogP contribution in [0.3, 0.4) is 0 Å². The first kappa shape index (κ1) is 8.52. The molecule has 2 saturated heterocycles. The second-order valence-electron chi connectivity index (χ2n) is 3.93. The van der Waals surface area contributed by atoms with Crippen LogP contribution in [0.15, 0.2) is 0 Å². The van der Waals surface area contributed by atoms with Gasteiger partial charge in [-0.05, 0) is 38.6 Å². The smallest absolute Gasteiger partial charge is 0.121 e. The van der Waals surface area contributed by atoms with Crippen LogP contribution >= 0.6 is 0 Å². The molecule has 1 spiro atoms. The molecule has 0 bridgehead atoms. The fourth-order valence-electron chi connectivity index (χ4n) is 2.64. The molecule has 0 N–H and O–H groups in total. The van der Waals surface area contributed by atoms with E-state index in [9.17, 15) is 0 Å². The van der Waals surface area contributed by atoms with Gasteiger partial charge in [-0.3, -0.25) is 4.90 Å². The van der Waals surface area contributed by atoms with Crippen molar-refractivity contribution in [2.45, 2.75) is 44.8 Å². The van der Waals surface area contributed by atoms with E-state index in [4.69, 9.17) is 4.74 Å². The van der Waals surface area contributed by atoms with Gasteiger partial charge in [-0.15, -0.1) is 0 Å². The number of rotatable bonds is 1. The van der Waals surface area contributed by atoms with Crippen LogP contribution in [0.5, 0.6) is 0 Å². The predicted octanol–water partition coefficient (Wildman–Crippen LogP) is 2.00. The van der Waals surface area contributed by atoms with Crippen LogP contribution in [0.4, 0.5) is 0 Å². The Kier molecular flexibility index (Phi) is 2.37. The van der Waals surface area contributed by atoms with Gasteiger partial charge in [-0.1, -0.05) is 6.92 Å². The molecule has 70 valence electrons. The Labute approximate surface area is 74.9 Å². The molecule has 12 heavy (non-hydrogen) atoms. The third-order valence-electron chi connectivity index (χ3n) is 3.29. The van der Waals surface area contributed by atoms with Crippen LogP contribution in [0.2, 0.25) is 0 Å². The third-order valence-corrected chi connectivity index (χ3v) is 3.29. The van der Waals surface area contributed by atoms with E-state index in [-0.39, 0.29) is 5.72 Å². The Morgan fingerprint density at radius 3 is 2.75 bits per heavy atom. The van der Waals surface area contributed by atoms with Crippen molar-refractivity contribution in [1.29, 1.82) is 0 Å². The van der Waals surface area contributed by atoms with Crippen molar-refractivity contribution in [3.05, 3.63) is 0 Å². The highest BCUT2D eigenvalue weighted by molar-refractivity contribution is 4.89. The van der Waals surface area contributed by atoms with E-state index in [1.165, 1.54) is 38.6 Å². The minimum Gasteiger partial charge on any atom is -0.360 e. The van der Waals surface area contributed by atoms with E-state index in [0.717, 1.165) is 13.2 Å². The largest absolute Gasteiger partial charge is 0.360 e. The minimum atomic E-state index is 0.174. The molecule has 0 aliphatic carbocycles. The highest BCUT2D eigenvalue weighted by Gasteiger charge is 2.41. The molecule has 2 fully saturated rings. The highest BCUT2D eigenvalue weighted by Crippen LogP contribution is 2.37. The first-order chi connectivity index (χ1) is 5.87. The quantitative estimate of drug-likeness (QED) is 0.595. The Morgan fingerprint density at radius 2 is 2.08 bits per heavy atom. The Hall–Kier alpha value is -0.0800. The summed E-state index contributed by atoms with van der Waals surface area (Å²) in [5.41, 5.74) is 0.174. The maximum Gasteiger partial charge on any atom is 0.121 e. The first-order valence-corrected chi connectivity index (χ1v) is 5.26. The summed E-state index contributed by atoms with van der Waals surface area (Å²) in [6.07, 6.45) is 6.48. The molecule has 2 rings (SSSR count). The Bertz CT molecular complexity index is 152. The number of ether oxygens (including phenoxy) is 1. The molecule has 0 amide bonds. The zero-order valence-electron chi connectivity index (χ0n) is 8.01. The summed E-state index contributed by atoms with van der Waals surface area (Å²) >= 11 is 0. The van der Waals surface area contributed by atoms with Gasteiger partial charge in [-0.2, -0.15) is 0 Å². The van der Waals surface area contributed by atoms with Gasteiger partial charge in [0, 0.05) is 13.2 Å². The van der Waals surface area contributed by atoms with Gasteiger partial charge in [0.2, 0.25) is 0 Å². The third kappa shape index (κ3) is 1.27. The highest BCUT2D eigenvalue weighted by atomic mass is 16.5. The lowest BCUT2D eigenvalue weighted by atomic mass is 10.00. The maximum atomic E-state index is 5.96. The van der Waals surface area contributed by atoms with Crippen LogP contribution in [-0.2, 0) is 4.74 Å². The Balaban J connectivity index is 2.05. The topological polar surface area (TPSA) is 12.5 Å². The van der Waals surface area contributed by atoms with Crippen LogP contribution in [0.1, 0.15) is 39.0 Å². The molecule has 0 aromatic rings. The van der Waals surface area contributed by atoms with E-state index in [0.29, 0.717) is 0 Å². The molecule has 0 saturated carbocycles. The van der Waals surface area contributed by atoms with Crippen LogP contribution in [0, 0.1) is 0 Å². The molecule has 2 aliphatic rings. The fourth-order valence-corrected chi connectivity index (χ4v) is 2.64. The van der Waals surface area contributed by atoms with Crippen molar-refractivity contribution in [2.75, 3.05) is 19.7 Å². The molecule has 2 nitrogen and oxygen atoms in total. The molecule has 2 heteroatoms. The fraction of sp³-hybridized carbons (Fsp3) is 1.00. The van der Waals surface area contributed by atoms with Gasteiger partial charge in [0.25, 0.3) is 0 Å². The SMILES string of the molecule is CCN1CCCC12CCCCO2. The Morgan fingerprint density at radius 1 is 1.25 bits per heavy atom. The van der Waals surface area contributed by atoms with Crippen LogP contribution in [-0.4, -0.2) is 30.3 Å². The van der Waals surface area contributed by atoms with Gasteiger partial charge in [0.15, 0.2) is 0 Å². The molecule has 2 heterocycles. The maximum absolute atomic E-state index is 5.96. The van der Waals surface area contributed by atoms with Crippen molar-refractivity contribution in [3.63, 3.8) is 0 Å². The summed E-state index contributed by atoms with van der Waals surface area (Å²) in [5.74, 6) is 0. The summed E-state index contributed by atoms with van der Waals surface area (Å²) in [4.78, 5) is 2.52. The van der Waals surface area contributed by atoms with E-state index in [2.05, 4.69) is 11.8 Å². The standard InChI is InChI=1S/C10H19NO/c1-2-11-8-5-7-10(11)6-3-4-9-12-10/h2-9H2,1H3. The molecule has 2 aliphatic heterocycles. The number of hydrogen-bond acceptors (Lipinski definition) is 2. The average molecular weight is 169 g/mol. The van der Waals surface area contributed by atoms with Crippen molar-refractivity contribution < 1.29 is 4.74 Å². The zero-order chi connectivity index (χ0) is 8.44. The van der Waals surface area contributed by atoms with E-state index >= 15 is 0 Å². The lowest BCUT2D eigenvalue weighted by Gasteiger charge is -2.40. The van der Waals surface area contributed by atoms with Gasteiger partial charge < -0.3 is 4.74 Å². The van der Waals surface area contributed by atoms with Crippen molar-refractivity contribution in [2.24, 2.45) is 0 Å². The van der Waals surface area contributed by atoms with Gasteiger partial charge in [0.05, 0.1) is 0 Å². The minimum absolute atomic E-state index is 0.174. The van der Waals surface area contributed by atoms with Crippen molar-refractivity contribution in [3.8, 4) is 0 Å². The molecule has 0 aromatic carbocycles. The number of nitrogens with zero attached hydrogens (tertiary/aromatic N) is 1. The normalized spacial score (nSPS) is 37.8.